The minimum atomic E-state index is -0.520. The first kappa shape index (κ1) is 16.5. The van der Waals surface area contributed by atoms with Crippen molar-refractivity contribution in [3.63, 3.8) is 0 Å². The molecule has 0 aliphatic heterocycles. The van der Waals surface area contributed by atoms with Gasteiger partial charge in [0, 0.05) is 12.6 Å². The van der Waals surface area contributed by atoms with E-state index < -0.39 is 4.92 Å². The zero-order valence-corrected chi connectivity index (χ0v) is 12.6. The van der Waals surface area contributed by atoms with E-state index in [0.717, 1.165) is 19.6 Å². The number of hydrogen-bond donors (Lipinski definition) is 0. The van der Waals surface area contributed by atoms with E-state index in [1.54, 1.807) is 0 Å². The Labute approximate surface area is 123 Å². The lowest BCUT2D eigenvalue weighted by atomic mass is 10.3. The van der Waals surface area contributed by atoms with Crippen molar-refractivity contribution >= 4 is 17.3 Å². The maximum absolute atomic E-state index is 10.8. The van der Waals surface area contributed by atoms with Crippen LogP contribution in [0.3, 0.4) is 0 Å². The molecule has 0 fully saturated rings. The van der Waals surface area contributed by atoms with Gasteiger partial charge in [-0.15, -0.1) is 0 Å². The monoisotopic (exact) mass is 302 g/mol. The van der Waals surface area contributed by atoms with Crippen molar-refractivity contribution in [2.45, 2.75) is 13.8 Å². The van der Waals surface area contributed by atoms with Crippen molar-refractivity contribution in [1.82, 2.24) is 4.90 Å². The summed E-state index contributed by atoms with van der Waals surface area (Å²) >= 11 is 6.02. The number of rotatable bonds is 8. The highest BCUT2D eigenvalue weighted by molar-refractivity contribution is 6.32. The second kappa shape index (κ2) is 7.91. The number of halogens is 1. The number of likely N-dealkylation sites (N-methyl/N-ethyl adjacent to an activating group) is 1. The lowest BCUT2D eigenvalue weighted by Crippen LogP contribution is -2.28. The van der Waals surface area contributed by atoms with Crippen molar-refractivity contribution in [3.05, 3.63) is 27.3 Å². The van der Waals surface area contributed by atoms with Gasteiger partial charge in [-0.05, 0) is 13.1 Å². The summed E-state index contributed by atoms with van der Waals surface area (Å²) in [6, 6.07) is 2.56. The van der Waals surface area contributed by atoms with Gasteiger partial charge in [0.25, 0.3) is 5.69 Å². The van der Waals surface area contributed by atoms with E-state index in [2.05, 4.69) is 18.7 Å². The van der Waals surface area contributed by atoms with Gasteiger partial charge in [-0.25, -0.2) is 0 Å². The molecule has 0 bridgehead atoms. The van der Waals surface area contributed by atoms with Crippen LogP contribution in [-0.2, 0) is 0 Å². The first-order valence-electron chi connectivity index (χ1n) is 6.40. The van der Waals surface area contributed by atoms with Crippen molar-refractivity contribution in [1.29, 1.82) is 0 Å². The first-order valence-corrected chi connectivity index (χ1v) is 6.78. The number of methoxy groups -OCH3 is 1. The normalized spacial score (nSPS) is 10.7. The average molecular weight is 303 g/mol. The molecule has 0 aliphatic carbocycles. The second-order valence-electron chi connectivity index (χ2n) is 4.09. The van der Waals surface area contributed by atoms with Crippen molar-refractivity contribution in [3.8, 4) is 11.5 Å². The number of ether oxygens (including phenoxy) is 2. The van der Waals surface area contributed by atoms with E-state index in [9.17, 15) is 10.1 Å². The van der Waals surface area contributed by atoms with Crippen LogP contribution >= 0.6 is 11.6 Å². The standard InChI is InChI=1S/C13H19ClN2O4/c1-4-15(5-2)6-7-20-13-11(14)8-10(16(17)18)9-12(13)19-3/h8-9H,4-7H2,1-3H3. The molecule has 20 heavy (non-hydrogen) atoms. The van der Waals surface area contributed by atoms with Gasteiger partial charge in [-0.2, -0.15) is 0 Å². The fourth-order valence-corrected chi connectivity index (χ4v) is 2.03. The fraction of sp³-hybridized carbons (Fsp3) is 0.538. The number of non-ortho nitro benzene ring substituents is 1. The Balaban J connectivity index is 2.81. The van der Waals surface area contributed by atoms with Gasteiger partial charge < -0.3 is 14.4 Å². The summed E-state index contributed by atoms with van der Waals surface area (Å²) in [6.45, 7) is 7.21. The smallest absolute Gasteiger partial charge is 0.274 e. The molecular weight excluding hydrogens is 284 g/mol. The summed E-state index contributed by atoms with van der Waals surface area (Å²) in [7, 11) is 1.42. The third-order valence-corrected chi connectivity index (χ3v) is 3.25. The Morgan fingerprint density at radius 2 is 2.00 bits per heavy atom. The number of nitro groups is 1. The number of nitrogens with zero attached hydrogens (tertiary/aromatic N) is 2. The highest BCUT2D eigenvalue weighted by Crippen LogP contribution is 2.38. The molecule has 112 valence electrons. The van der Waals surface area contributed by atoms with Gasteiger partial charge in [0.05, 0.1) is 23.1 Å². The van der Waals surface area contributed by atoms with Crippen LogP contribution in [-0.4, -0.2) is 43.2 Å². The quantitative estimate of drug-likeness (QED) is 0.545. The van der Waals surface area contributed by atoms with Gasteiger partial charge in [0.15, 0.2) is 11.5 Å². The van der Waals surface area contributed by atoms with E-state index in [1.807, 2.05) is 0 Å². The molecule has 1 rings (SSSR count). The highest BCUT2D eigenvalue weighted by Gasteiger charge is 2.17. The summed E-state index contributed by atoms with van der Waals surface area (Å²) in [5.41, 5.74) is -0.122. The molecule has 0 spiro atoms. The van der Waals surface area contributed by atoms with Crippen LogP contribution < -0.4 is 9.47 Å². The number of hydrogen-bond acceptors (Lipinski definition) is 5. The molecule has 0 saturated heterocycles. The van der Waals surface area contributed by atoms with Crippen LogP contribution in [0.25, 0.3) is 0 Å². The van der Waals surface area contributed by atoms with Gasteiger partial charge in [0.1, 0.15) is 6.61 Å². The zero-order valence-electron chi connectivity index (χ0n) is 11.9. The number of nitro benzene ring substituents is 1. The summed E-state index contributed by atoms with van der Waals surface area (Å²) in [5, 5.41) is 10.9. The summed E-state index contributed by atoms with van der Waals surface area (Å²) < 4.78 is 10.7. The average Bonchev–Trinajstić information content (AvgIpc) is 2.44. The molecule has 6 nitrogen and oxygen atoms in total. The van der Waals surface area contributed by atoms with Gasteiger partial charge in [0.2, 0.25) is 0 Å². The summed E-state index contributed by atoms with van der Waals surface area (Å²) in [6.07, 6.45) is 0. The lowest BCUT2D eigenvalue weighted by Gasteiger charge is -2.19. The first-order chi connectivity index (χ1) is 9.53. The molecule has 0 radical (unpaired) electrons. The van der Waals surface area contributed by atoms with Crippen LogP contribution in [0.2, 0.25) is 5.02 Å². The SMILES string of the molecule is CCN(CC)CCOc1c(Cl)cc([N+](=O)[O-])cc1OC. The molecule has 1 aromatic carbocycles. The molecule has 7 heteroatoms. The van der Waals surface area contributed by atoms with Gasteiger partial charge >= 0.3 is 0 Å². The molecule has 1 aromatic rings. The number of benzene rings is 1. The summed E-state index contributed by atoms with van der Waals surface area (Å²) in [4.78, 5) is 12.4. The largest absolute Gasteiger partial charge is 0.493 e. The molecule has 0 aromatic heterocycles. The zero-order chi connectivity index (χ0) is 15.1. The molecule has 0 N–H and O–H groups in total. The van der Waals surface area contributed by atoms with Gasteiger partial charge in [-0.1, -0.05) is 25.4 Å². The van der Waals surface area contributed by atoms with Crippen LogP contribution in [0.15, 0.2) is 12.1 Å². The predicted octanol–water partition coefficient (Wildman–Crippen LogP) is 2.98. The molecule has 0 unspecified atom stereocenters. The van der Waals surface area contributed by atoms with Crippen LogP contribution in [0.4, 0.5) is 5.69 Å². The second-order valence-corrected chi connectivity index (χ2v) is 4.50. The Kier molecular flexibility index (Phi) is 6.54. The topological polar surface area (TPSA) is 64.8 Å². The van der Waals surface area contributed by atoms with Crippen molar-refractivity contribution in [2.24, 2.45) is 0 Å². The van der Waals surface area contributed by atoms with Crippen molar-refractivity contribution in [2.75, 3.05) is 33.4 Å². The minimum Gasteiger partial charge on any atom is -0.493 e. The maximum atomic E-state index is 10.8. The molecule has 0 atom stereocenters. The van der Waals surface area contributed by atoms with E-state index in [1.165, 1.54) is 19.2 Å². The van der Waals surface area contributed by atoms with E-state index >= 15 is 0 Å². The Bertz CT molecular complexity index is 464. The molecular formula is C13H19ClN2O4. The molecule has 0 aliphatic rings. The molecule has 0 heterocycles. The predicted molar refractivity (Wildman–Crippen MR) is 77.9 cm³/mol. The Morgan fingerprint density at radius 3 is 2.50 bits per heavy atom. The van der Waals surface area contributed by atoms with Crippen LogP contribution in [0.5, 0.6) is 11.5 Å². The summed E-state index contributed by atoms with van der Waals surface area (Å²) in [5.74, 6) is 0.607. The third-order valence-electron chi connectivity index (χ3n) is 2.97. The Hall–Kier alpha value is -1.53. The highest BCUT2D eigenvalue weighted by atomic mass is 35.5. The van der Waals surface area contributed by atoms with E-state index in [4.69, 9.17) is 21.1 Å². The van der Waals surface area contributed by atoms with Crippen LogP contribution in [0.1, 0.15) is 13.8 Å². The van der Waals surface area contributed by atoms with E-state index in [-0.39, 0.29) is 16.5 Å². The molecule has 0 saturated carbocycles. The minimum absolute atomic E-state index is 0.122. The van der Waals surface area contributed by atoms with Gasteiger partial charge in [-0.3, -0.25) is 10.1 Å². The fourth-order valence-electron chi connectivity index (χ4n) is 1.77. The molecule has 0 amide bonds. The lowest BCUT2D eigenvalue weighted by molar-refractivity contribution is -0.384. The van der Waals surface area contributed by atoms with Crippen molar-refractivity contribution < 1.29 is 14.4 Å². The Morgan fingerprint density at radius 1 is 1.35 bits per heavy atom. The van der Waals surface area contributed by atoms with Crippen LogP contribution in [0, 0.1) is 10.1 Å². The van der Waals surface area contributed by atoms with E-state index in [0.29, 0.717) is 12.4 Å². The third kappa shape index (κ3) is 4.25. The maximum Gasteiger partial charge on any atom is 0.274 e.